The predicted octanol–water partition coefficient (Wildman–Crippen LogP) is 4.44. The van der Waals surface area contributed by atoms with Gasteiger partial charge in [0, 0.05) is 23.0 Å². The number of aliphatic imine (C=N–C) groups is 1. The van der Waals surface area contributed by atoms with E-state index in [9.17, 15) is 32.7 Å². The molecule has 1 aliphatic heterocycles. The van der Waals surface area contributed by atoms with Gasteiger partial charge in [0.15, 0.2) is 0 Å². The van der Waals surface area contributed by atoms with Gasteiger partial charge in [-0.1, -0.05) is 0 Å². The molecular formula is C26H19F3N2O7. The van der Waals surface area contributed by atoms with Crippen LogP contribution in [0, 0.1) is 0 Å². The summed E-state index contributed by atoms with van der Waals surface area (Å²) in [6, 6.07) is 9.29. The lowest BCUT2D eigenvalue weighted by Gasteiger charge is -2.16. The van der Waals surface area contributed by atoms with Gasteiger partial charge in [0.05, 0.1) is 29.7 Å². The second-order valence-electron chi connectivity index (χ2n) is 7.85. The second-order valence-corrected chi connectivity index (χ2v) is 7.85. The average Bonchev–Trinajstić information content (AvgIpc) is 3.16. The van der Waals surface area contributed by atoms with Crippen molar-refractivity contribution < 1.29 is 46.9 Å². The first-order valence-corrected chi connectivity index (χ1v) is 11.1. The third-order valence-electron chi connectivity index (χ3n) is 5.38. The van der Waals surface area contributed by atoms with Crippen LogP contribution < -0.4 is 9.47 Å². The molecule has 0 radical (unpaired) electrons. The fraction of sp³-hybridized carbons (Fsp3) is 0.192. The first kappa shape index (κ1) is 26.2. The number of aliphatic carboxylic acids is 1. The number of fused-ring (bicyclic) bond motifs is 1. The SMILES string of the molecule is CCOC(=O)c1c(CC(=O)O)n(-c2ccc(OC(F)(F)F)cc2)c2ccc(OC3N=CC=CC3=C=O)cc12. The van der Waals surface area contributed by atoms with Crippen LogP contribution in [-0.2, 0) is 20.7 Å². The molecule has 1 atom stereocenters. The molecule has 9 nitrogen and oxygen atoms in total. The van der Waals surface area contributed by atoms with E-state index in [4.69, 9.17) is 9.47 Å². The molecule has 1 aliphatic rings. The summed E-state index contributed by atoms with van der Waals surface area (Å²) in [5.41, 5.74) is 0.768. The highest BCUT2D eigenvalue weighted by Crippen LogP contribution is 2.35. The Balaban J connectivity index is 1.88. The number of carboxylic acids is 1. The van der Waals surface area contributed by atoms with Crippen molar-refractivity contribution in [1.82, 2.24) is 4.57 Å². The van der Waals surface area contributed by atoms with Gasteiger partial charge in [-0.2, -0.15) is 0 Å². The summed E-state index contributed by atoms with van der Waals surface area (Å²) < 4.78 is 54.2. The van der Waals surface area contributed by atoms with Crippen molar-refractivity contribution >= 4 is 35.0 Å². The molecule has 3 aromatic rings. The van der Waals surface area contributed by atoms with Gasteiger partial charge >= 0.3 is 18.3 Å². The zero-order chi connectivity index (χ0) is 27.4. The molecule has 1 N–H and O–H groups in total. The topological polar surface area (TPSA) is 116 Å². The van der Waals surface area contributed by atoms with Gasteiger partial charge < -0.3 is 23.9 Å². The van der Waals surface area contributed by atoms with Crippen LogP contribution in [0.25, 0.3) is 16.6 Å². The van der Waals surface area contributed by atoms with Crippen LogP contribution in [0.1, 0.15) is 23.0 Å². The Hall–Kier alpha value is -4.83. The van der Waals surface area contributed by atoms with E-state index in [1.807, 2.05) is 0 Å². The summed E-state index contributed by atoms with van der Waals surface area (Å²) in [5, 5.41) is 9.87. The summed E-state index contributed by atoms with van der Waals surface area (Å²) in [6.07, 6.45) is -1.99. The second kappa shape index (κ2) is 10.7. The highest BCUT2D eigenvalue weighted by Gasteiger charge is 2.31. The van der Waals surface area contributed by atoms with Crippen LogP contribution in [0.15, 0.2) is 65.2 Å². The Labute approximate surface area is 213 Å². The van der Waals surface area contributed by atoms with Crippen molar-refractivity contribution in [2.24, 2.45) is 4.99 Å². The number of esters is 1. The van der Waals surface area contributed by atoms with E-state index in [1.54, 1.807) is 25.0 Å². The lowest BCUT2D eigenvalue weighted by molar-refractivity contribution is -0.274. The first-order valence-electron chi connectivity index (χ1n) is 11.1. The van der Waals surface area contributed by atoms with Gasteiger partial charge in [0.1, 0.15) is 17.4 Å². The molecule has 0 amide bonds. The molecule has 0 saturated heterocycles. The molecule has 1 aromatic heterocycles. The molecule has 38 heavy (non-hydrogen) atoms. The third-order valence-corrected chi connectivity index (χ3v) is 5.38. The summed E-state index contributed by atoms with van der Waals surface area (Å²) >= 11 is 0. The number of carbonyl (C=O) groups excluding carboxylic acids is 2. The molecule has 0 spiro atoms. The minimum absolute atomic E-state index is 0.00823. The summed E-state index contributed by atoms with van der Waals surface area (Å²) in [5.74, 6) is -0.563. The molecule has 12 heteroatoms. The number of allylic oxidation sites excluding steroid dienone is 1. The highest BCUT2D eigenvalue weighted by molar-refractivity contribution is 6.07. The zero-order valence-corrected chi connectivity index (χ0v) is 19.7. The maximum atomic E-state index is 13.0. The van der Waals surface area contributed by atoms with Gasteiger partial charge in [-0.3, -0.25) is 4.79 Å². The molecular weight excluding hydrogens is 509 g/mol. The van der Waals surface area contributed by atoms with Crippen molar-refractivity contribution in [1.29, 1.82) is 0 Å². The van der Waals surface area contributed by atoms with Gasteiger partial charge in [-0.05, 0) is 61.5 Å². The van der Waals surface area contributed by atoms with E-state index in [0.717, 1.165) is 12.1 Å². The van der Waals surface area contributed by atoms with Gasteiger partial charge in [0.2, 0.25) is 6.23 Å². The standard InChI is InChI=1S/C26H19F3N2O7/c1-2-36-25(35)23-19-12-18(37-24-15(14-32)4-3-11-30-24)9-10-20(19)31(21(23)13-22(33)34)16-5-7-17(8-6-16)38-26(27,28)29/h3-12,24H,2,13H2,1H3,(H,33,34). The van der Waals surface area contributed by atoms with Crippen LogP contribution >= 0.6 is 0 Å². The lowest BCUT2D eigenvalue weighted by atomic mass is 10.1. The van der Waals surface area contributed by atoms with Crippen molar-refractivity contribution in [3.8, 4) is 17.2 Å². The number of rotatable bonds is 8. The fourth-order valence-electron chi connectivity index (χ4n) is 3.97. The number of carbonyl (C=O) groups is 2. The molecule has 4 rings (SSSR count). The van der Waals surface area contributed by atoms with Gasteiger partial charge in [0.25, 0.3) is 0 Å². The van der Waals surface area contributed by atoms with Crippen molar-refractivity contribution in [3.63, 3.8) is 0 Å². The number of hydrogen-bond donors (Lipinski definition) is 1. The molecule has 0 aliphatic carbocycles. The van der Waals surface area contributed by atoms with Crippen LogP contribution in [0.4, 0.5) is 13.2 Å². The van der Waals surface area contributed by atoms with Crippen LogP contribution in [0.5, 0.6) is 11.5 Å². The highest BCUT2D eigenvalue weighted by atomic mass is 19.4. The van der Waals surface area contributed by atoms with E-state index in [0.29, 0.717) is 5.52 Å². The van der Waals surface area contributed by atoms with Gasteiger partial charge in [-0.25, -0.2) is 14.6 Å². The predicted molar refractivity (Wildman–Crippen MR) is 129 cm³/mol. The smallest absolute Gasteiger partial charge is 0.481 e. The molecule has 2 heterocycles. The molecule has 1 unspecified atom stereocenters. The quantitative estimate of drug-likeness (QED) is 0.340. The van der Waals surface area contributed by atoms with E-state index in [1.165, 1.54) is 41.1 Å². The van der Waals surface area contributed by atoms with Crippen molar-refractivity contribution in [2.75, 3.05) is 6.61 Å². The van der Waals surface area contributed by atoms with Crippen molar-refractivity contribution in [2.45, 2.75) is 25.9 Å². The number of halogens is 3. The fourth-order valence-corrected chi connectivity index (χ4v) is 3.97. The van der Waals surface area contributed by atoms with E-state index < -0.39 is 36.7 Å². The molecule has 196 valence electrons. The summed E-state index contributed by atoms with van der Waals surface area (Å²) in [7, 11) is 0. The Bertz CT molecular complexity index is 1500. The molecule has 2 aromatic carbocycles. The monoisotopic (exact) mass is 528 g/mol. The number of ether oxygens (including phenoxy) is 3. The Morgan fingerprint density at radius 1 is 1.13 bits per heavy atom. The Kier molecular flexibility index (Phi) is 7.35. The van der Waals surface area contributed by atoms with Crippen LogP contribution in [0.3, 0.4) is 0 Å². The third kappa shape index (κ3) is 5.60. The normalized spacial score (nSPS) is 14.8. The lowest BCUT2D eigenvalue weighted by Crippen LogP contribution is -2.18. The number of alkyl halides is 3. The Morgan fingerprint density at radius 2 is 1.84 bits per heavy atom. The summed E-state index contributed by atoms with van der Waals surface area (Å²) in [6.45, 7) is 1.60. The van der Waals surface area contributed by atoms with E-state index in [-0.39, 0.29) is 40.3 Å². The summed E-state index contributed by atoms with van der Waals surface area (Å²) in [4.78, 5) is 40.1. The number of benzene rings is 2. The van der Waals surface area contributed by atoms with E-state index in [2.05, 4.69) is 9.73 Å². The minimum Gasteiger partial charge on any atom is -0.481 e. The van der Waals surface area contributed by atoms with Gasteiger partial charge in [-0.15, -0.1) is 13.2 Å². The minimum atomic E-state index is -4.89. The number of dihydropyridines is 1. The van der Waals surface area contributed by atoms with Crippen LogP contribution in [0.2, 0.25) is 0 Å². The number of nitrogens with zero attached hydrogens (tertiary/aromatic N) is 2. The molecule has 0 saturated carbocycles. The maximum Gasteiger partial charge on any atom is 0.573 e. The van der Waals surface area contributed by atoms with E-state index >= 15 is 0 Å². The maximum absolute atomic E-state index is 13.0. The number of aromatic nitrogens is 1. The average molecular weight is 528 g/mol. The number of hydrogen-bond acceptors (Lipinski definition) is 7. The number of carboxylic acid groups (broad SMARTS) is 1. The first-order chi connectivity index (χ1) is 18.1. The molecule has 0 bridgehead atoms. The zero-order valence-electron chi connectivity index (χ0n) is 19.7. The Morgan fingerprint density at radius 3 is 2.47 bits per heavy atom. The largest absolute Gasteiger partial charge is 0.573 e. The molecule has 0 fully saturated rings. The van der Waals surface area contributed by atoms with Crippen LogP contribution in [-0.4, -0.2) is 53.0 Å². The van der Waals surface area contributed by atoms with Crippen molar-refractivity contribution in [3.05, 3.63) is 71.4 Å².